The van der Waals surface area contributed by atoms with E-state index in [0.29, 0.717) is 0 Å². The number of nitrogens with zero attached hydrogens (tertiary/aromatic N) is 1. The standard InChI is InChI=1S/C11H15NO2/c1-8-10(6-3-7-12-8)14-11-5-2-4-9(11)13/h3,6-7,9,11,13H,2,4-5H2,1H3/t9-,11-/m0/s1. The first-order chi connectivity index (χ1) is 6.77. The van der Waals surface area contributed by atoms with Crippen LogP contribution in [-0.2, 0) is 0 Å². The maximum absolute atomic E-state index is 9.60. The average Bonchev–Trinajstić information content (AvgIpc) is 2.56. The maximum atomic E-state index is 9.60. The van der Waals surface area contributed by atoms with Crippen LogP contribution >= 0.6 is 0 Å². The molecule has 1 fully saturated rings. The van der Waals surface area contributed by atoms with Crippen LogP contribution in [0.15, 0.2) is 18.3 Å². The SMILES string of the molecule is Cc1ncccc1O[C@H]1CCC[C@@H]1O. The van der Waals surface area contributed by atoms with Gasteiger partial charge in [-0.1, -0.05) is 0 Å². The van der Waals surface area contributed by atoms with Crippen molar-refractivity contribution in [3.63, 3.8) is 0 Å². The summed E-state index contributed by atoms with van der Waals surface area (Å²) in [7, 11) is 0. The van der Waals surface area contributed by atoms with Gasteiger partial charge in [0.15, 0.2) is 0 Å². The van der Waals surface area contributed by atoms with Gasteiger partial charge in [-0.2, -0.15) is 0 Å². The van der Waals surface area contributed by atoms with Crippen LogP contribution in [0, 0.1) is 6.92 Å². The van der Waals surface area contributed by atoms with Gasteiger partial charge >= 0.3 is 0 Å². The number of ether oxygens (including phenoxy) is 1. The first-order valence-corrected chi connectivity index (χ1v) is 5.04. The van der Waals surface area contributed by atoms with E-state index in [4.69, 9.17) is 4.74 Å². The molecular weight excluding hydrogens is 178 g/mol. The van der Waals surface area contributed by atoms with Crippen LogP contribution in [-0.4, -0.2) is 22.3 Å². The molecule has 1 N–H and O–H groups in total. The van der Waals surface area contributed by atoms with E-state index >= 15 is 0 Å². The largest absolute Gasteiger partial charge is 0.486 e. The third-order valence-corrected chi connectivity index (χ3v) is 2.65. The number of aliphatic hydroxyl groups excluding tert-OH is 1. The van der Waals surface area contributed by atoms with Crippen molar-refractivity contribution in [1.82, 2.24) is 4.98 Å². The highest BCUT2D eigenvalue weighted by atomic mass is 16.5. The second kappa shape index (κ2) is 3.96. The Bertz CT molecular complexity index is 314. The predicted molar refractivity (Wildman–Crippen MR) is 53.2 cm³/mol. The molecule has 2 atom stereocenters. The van der Waals surface area contributed by atoms with Crippen molar-refractivity contribution in [1.29, 1.82) is 0 Å². The zero-order chi connectivity index (χ0) is 9.97. The van der Waals surface area contributed by atoms with Gasteiger partial charge in [-0.15, -0.1) is 0 Å². The minimum Gasteiger partial charge on any atom is -0.486 e. The lowest BCUT2D eigenvalue weighted by Crippen LogP contribution is -2.25. The highest BCUT2D eigenvalue weighted by Crippen LogP contribution is 2.25. The van der Waals surface area contributed by atoms with Crippen LogP contribution in [0.2, 0.25) is 0 Å². The molecule has 0 radical (unpaired) electrons. The van der Waals surface area contributed by atoms with E-state index in [1.54, 1.807) is 6.20 Å². The molecule has 1 heterocycles. The smallest absolute Gasteiger partial charge is 0.141 e. The van der Waals surface area contributed by atoms with Gasteiger partial charge < -0.3 is 9.84 Å². The lowest BCUT2D eigenvalue weighted by atomic mass is 10.2. The number of hydrogen-bond donors (Lipinski definition) is 1. The molecule has 0 unspecified atom stereocenters. The van der Waals surface area contributed by atoms with E-state index in [-0.39, 0.29) is 12.2 Å². The lowest BCUT2D eigenvalue weighted by Gasteiger charge is -2.17. The van der Waals surface area contributed by atoms with Gasteiger partial charge in [0.2, 0.25) is 0 Å². The predicted octanol–water partition coefficient (Wildman–Crippen LogP) is 1.68. The molecule has 0 aromatic carbocycles. The highest BCUT2D eigenvalue weighted by Gasteiger charge is 2.27. The van der Waals surface area contributed by atoms with E-state index < -0.39 is 0 Å². The third-order valence-electron chi connectivity index (χ3n) is 2.65. The maximum Gasteiger partial charge on any atom is 0.141 e. The first kappa shape index (κ1) is 9.46. The van der Waals surface area contributed by atoms with Crippen molar-refractivity contribution < 1.29 is 9.84 Å². The fourth-order valence-electron chi connectivity index (χ4n) is 1.80. The minimum absolute atomic E-state index is 0.0436. The third kappa shape index (κ3) is 1.87. The van der Waals surface area contributed by atoms with Crippen LogP contribution in [0.3, 0.4) is 0 Å². The van der Waals surface area contributed by atoms with Crippen LogP contribution < -0.4 is 4.74 Å². The Morgan fingerprint density at radius 2 is 2.36 bits per heavy atom. The molecule has 14 heavy (non-hydrogen) atoms. The monoisotopic (exact) mass is 193 g/mol. The number of pyridine rings is 1. The Morgan fingerprint density at radius 1 is 1.50 bits per heavy atom. The van der Waals surface area contributed by atoms with E-state index in [1.807, 2.05) is 19.1 Å². The average molecular weight is 193 g/mol. The van der Waals surface area contributed by atoms with E-state index in [1.165, 1.54) is 0 Å². The van der Waals surface area contributed by atoms with Crippen molar-refractivity contribution >= 4 is 0 Å². The normalized spacial score (nSPS) is 26.4. The van der Waals surface area contributed by atoms with Crippen molar-refractivity contribution in [2.75, 3.05) is 0 Å². The molecule has 3 nitrogen and oxygen atoms in total. The van der Waals surface area contributed by atoms with E-state index in [2.05, 4.69) is 4.98 Å². The summed E-state index contributed by atoms with van der Waals surface area (Å²) in [5.74, 6) is 0.790. The van der Waals surface area contributed by atoms with E-state index in [9.17, 15) is 5.11 Å². The van der Waals surface area contributed by atoms with Crippen LogP contribution in [0.1, 0.15) is 25.0 Å². The van der Waals surface area contributed by atoms with Gasteiger partial charge in [-0.25, -0.2) is 0 Å². The molecule has 0 aliphatic heterocycles. The fraction of sp³-hybridized carbons (Fsp3) is 0.545. The minimum atomic E-state index is -0.311. The van der Waals surface area contributed by atoms with Crippen molar-refractivity contribution in [2.45, 2.75) is 38.4 Å². The second-order valence-electron chi connectivity index (χ2n) is 3.74. The van der Waals surface area contributed by atoms with Crippen molar-refractivity contribution in [3.05, 3.63) is 24.0 Å². The number of rotatable bonds is 2. The van der Waals surface area contributed by atoms with Crippen LogP contribution in [0.4, 0.5) is 0 Å². The Labute approximate surface area is 83.7 Å². The number of aliphatic hydroxyl groups is 1. The molecule has 3 heteroatoms. The molecule has 1 saturated carbocycles. The molecular formula is C11H15NO2. The van der Waals surface area contributed by atoms with Gasteiger partial charge in [-0.05, 0) is 38.3 Å². The zero-order valence-corrected chi connectivity index (χ0v) is 8.31. The molecule has 1 aromatic rings. The molecule has 1 aromatic heterocycles. The Kier molecular flexibility index (Phi) is 2.68. The summed E-state index contributed by atoms with van der Waals surface area (Å²) >= 11 is 0. The number of hydrogen-bond acceptors (Lipinski definition) is 3. The van der Waals surface area contributed by atoms with Gasteiger partial charge in [-0.3, -0.25) is 4.98 Å². The Balaban J connectivity index is 2.07. The molecule has 1 aliphatic carbocycles. The number of aromatic nitrogens is 1. The molecule has 0 bridgehead atoms. The molecule has 0 saturated heterocycles. The van der Waals surface area contributed by atoms with Crippen LogP contribution in [0.25, 0.3) is 0 Å². The molecule has 0 amide bonds. The van der Waals surface area contributed by atoms with Gasteiger partial charge in [0.1, 0.15) is 11.9 Å². The Morgan fingerprint density at radius 3 is 3.00 bits per heavy atom. The summed E-state index contributed by atoms with van der Waals surface area (Å²) in [4.78, 5) is 4.14. The molecule has 1 aliphatic rings. The van der Waals surface area contributed by atoms with E-state index in [0.717, 1.165) is 30.7 Å². The summed E-state index contributed by atoms with van der Waals surface area (Å²) < 4.78 is 5.71. The molecule has 76 valence electrons. The fourth-order valence-corrected chi connectivity index (χ4v) is 1.80. The summed E-state index contributed by atoms with van der Waals surface area (Å²) in [5.41, 5.74) is 0.881. The van der Waals surface area contributed by atoms with Gasteiger partial charge in [0.25, 0.3) is 0 Å². The zero-order valence-electron chi connectivity index (χ0n) is 8.31. The highest BCUT2D eigenvalue weighted by molar-refractivity contribution is 5.25. The van der Waals surface area contributed by atoms with Crippen molar-refractivity contribution in [2.24, 2.45) is 0 Å². The summed E-state index contributed by atoms with van der Waals surface area (Å²) in [6, 6.07) is 3.75. The molecule has 0 spiro atoms. The van der Waals surface area contributed by atoms with Gasteiger partial charge in [0.05, 0.1) is 11.8 Å². The second-order valence-corrected chi connectivity index (χ2v) is 3.74. The summed E-state index contributed by atoms with van der Waals surface area (Å²) in [5, 5.41) is 9.60. The lowest BCUT2D eigenvalue weighted by molar-refractivity contribution is 0.0597. The Hall–Kier alpha value is -1.09. The summed E-state index contributed by atoms with van der Waals surface area (Å²) in [6.07, 6.45) is 4.23. The quantitative estimate of drug-likeness (QED) is 0.777. The van der Waals surface area contributed by atoms with Gasteiger partial charge in [0, 0.05) is 6.20 Å². The summed E-state index contributed by atoms with van der Waals surface area (Å²) in [6.45, 7) is 1.91. The van der Waals surface area contributed by atoms with Crippen molar-refractivity contribution in [3.8, 4) is 5.75 Å². The number of aryl methyl sites for hydroxylation is 1. The molecule has 2 rings (SSSR count). The van der Waals surface area contributed by atoms with Crippen LogP contribution in [0.5, 0.6) is 5.75 Å². The first-order valence-electron chi connectivity index (χ1n) is 5.04. The topological polar surface area (TPSA) is 42.4 Å².